The number of rotatable bonds is 4. The summed E-state index contributed by atoms with van der Waals surface area (Å²) in [6.07, 6.45) is 7.81. The first kappa shape index (κ1) is 12.7. The van der Waals surface area contributed by atoms with E-state index in [-0.39, 0.29) is 5.60 Å². The van der Waals surface area contributed by atoms with Crippen LogP contribution in [0, 0.1) is 5.92 Å². The summed E-state index contributed by atoms with van der Waals surface area (Å²) in [7, 11) is 1.68. The van der Waals surface area contributed by atoms with Crippen molar-refractivity contribution in [2.24, 2.45) is 5.92 Å². The smallest absolute Gasteiger partial charge is 0.138 e. The van der Waals surface area contributed by atoms with Gasteiger partial charge in [0, 0.05) is 19.4 Å². The van der Waals surface area contributed by atoms with Gasteiger partial charge in [0.2, 0.25) is 0 Å². The fourth-order valence-electron chi connectivity index (χ4n) is 2.24. The van der Waals surface area contributed by atoms with Crippen LogP contribution in [0.2, 0.25) is 0 Å². The summed E-state index contributed by atoms with van der Waals surface area (Å²) in [5.41, 5.74) is -0.288. The van der Waals surface area contributed by atoms with Gasteiger partial charge in [-0.25, -0.2) is 0 Å². The van der Waals surface area contributed by atoms with Crippen molar-refractivity contribution in [2.45, 2.75) is 64.4 Å². The monoisotopic (exact) mass is 212 g/mol. The highest BCUT2D eigenvalue weighted by Crippen LogP contribution is 2.27. The molecule has 1 saturated carbocycles. The van der Waals surface area contributed by atoms with Gasteiger partial charge >= 0.3 is 0 Å². The molecule has 1 fully saturated rings. The van der Waals surface area contributed by atoms with Crippen LogP contribution in [0.5, 0.6) is 0 Å². The molecule has 0 bridgehead atoms. The summed E-state index contributed by atoms with van der Waals surface area (Å²) >= 11 is 0. The zero-order valence-corrected chi connectivity index (χ0v) is 10.3. The Balaban J connectivity index is 2.44. The maximum atomic E-state index is 12.0. The fourth-order valence-corrected chi connectivity index (χ4v) is 2.24. The molecule has 0 amide bonds. The van der Waals surface area contributed by atoms with Gasteiger partial charge in [0.15, 0.2) is 0 Å². The predicted octanol–water partition coefficient (Wildman–Crippen LogP) is 3.34. The van der Waals surface area contributed by atoms with Crippen LogP contribution in [0.3, 0.4) is 0 Å². The highest BCUT2D eigenvalue weighted by atomic mass is 16.5. The molecule has 2 nitrogen and oxygen atoms in total. The number of hydrogen-bond donors (Lipinski definition) is 0. The highest BCUT2D eigenvalue weighted by Gasteiger charge is 2.26. The van der Waals surface area contributed by atoms with E-state index in [0.717, 1.165) is 12.8 Å². The quantitative estimate of drug-likeness (QED) is 0.668. The fraction of sp³-hybridized carbons (Fsp3) is 0.923. The lowest BCUT2D eigenvalue weighted by molar-refractivity contribution is -0.128. The van der Waals surface area contributed by atoms with Crippen LogP contribution >= 0.6 is 0 Å². The Hall–Kier alpha value is -0.370. The topological polar surface area (TPSA) is 26.3 Å². The second-order valence-corrected chi connectivity index (χ2v) is 5.30. The largest absolute Gasteiger partial charge is 0.378 e. The molecule has 0 aromatic rings. The van der Waals surface area contributed by atoms with Crippen molar-refractivity contribution in [3.8, 4) is 0 Å². The SMILES string of the molecule is COC(C)(C)CC(=O)C1CCCCCC1. The van der Waals surface area contributed by atoms with E-state index < -0.39 is 0 Å². The summed E-state index contributed by atoms with van der Waals surface area (Å²) in [5.74, 6) is 0.714. The molecule has 88 valence electrons. The third-order valence-corrected chi connectivity index (χ3v) is 3.46. The van der Waals surface area contributed by atoms with Gasteiger partial charge in [0.25, 0.3) is 0 Å². The lowest BCUT2D eigenvalue weighted by atomic mass is 9.88. The molecule has 0 radical (unpaired) electrons. The number of ether oxygens (including phenoxy) is 1. The molecule has 0 saturated heterocycles. The van der Waals surface area contributed by atoms with Crippen LogP contribution < -0.4 is 0 Å². The molecule has 1 rings (SSSR count). The van der Waals surface area contributed by atoms with E-state index in [9.17, 15) is 4.79 Å². The average Bonchev–Trinajstić information content (AvgIpc) is 2.45. The van der Waals surface area contributed by atoms with E-state index in [0.29, 0.717) is 18.1 Å². The third kappa shape index (κ3) is 4.33. The summed E-state index contributed by atoms with van der Waals surface area (Å²) in [4.78, 5) is 12.0. The number of ketones is 1. The summed E-state index contributed by atoms with van der Waals surface area (Å²) < 4.78 is 5.31. The Labute approximate surface area is 93.4 Å². The average molecular weight is 212 g/mol. The van der Waals surface area contributed by atoms with E-state index in [1.807, 2.05) is 13.8 Å². The molecular weight excluding hydrogens is 188 g/mol. The predicted molar refractivity (Wildman–Crippen MR) is 61.9 cm³/mol. The normalized spacial score (nSPS) is 19.9. The van der Waals surface area contributed by atoms with Crippen LogP contribution in [-0.4, -0.2) is 18.5 Å². The van der Waals surface area contributed by atoms with Crippen molar-refractivity contribution >= 4 is 5.78 Å². The van der Waals surface area contributed by atoms with E-state index in [1.165, 1.54) is 25.7 Å². The maximum Gasteiger partial charge on any atom is 0.138 e. The molecule has 15 heavy (non-hydrogen) atoms. The van der Waals surface area contributed by atoms with Gasteiger partial charge in [-0.1, -0.05) is 25.7 Å². The van der Waals surface area contributed by atoms with Crippen molar-refractivity contribution in [1.82, 2.24) is 0 Å². The standard InChI is InChI=1S/C13H24O2/c1-13(2,15-3)10-12(14)11-8-6-4-5-7-9-11/h11H,4-10H2,1-3H3. The summed E-state index contributed by atoms with van der Waals surface area (Å²) in [5, 5.41) is 0. The second-order valence-electron chi connectivity index (χ2n) is 5.30. The Morgan fingerprint density at radius 3 is 2.20 bits per heavy atom. The summed E-state index contributed by atoms with van der Waals surface area (Å²) in [6.45, 7) is 3.98. The van der Waals surface area contributed by atoms with Gasteiger partial charge in [0.1, 0.15) is 5.78 Å². The number of carbonyl (C=O) groups excluding carboxylic acids is 1. The Kier molecular flexibility index (Phi) is 4.78. The van der Waals surface area contributed by atoms with Crippen LogP contribution in [-0.2, 0) is 9.53 Å². The maximum absolute atomic E-state index is 12.0. The molecule has 0 unspecified atom stereocenters. The first-order chi connectivity index (χ1) is 7.05. The van der Waals surface area contributed by atoms with Crippen molar-refractivity contribution in [1.29, 1.82) is 0 Å². The minimum atomic E-state index is -0.288. The zero-order valence-electron chi connectivity index (χ0n) is 10.3. The Morgan fingerprint density at radius 1 is 1.20 bits per heavy atom. The molecule has 0 heterocycles. The van der Waals surface area contributed by atoms with Crippen molar-refractivity contribution in [3.05, 3.63) is 0 Å². The van der Waals surface area contributed by atoms with E-state index >= 15 is 0 Å². The van der Waals surface area contributed by atoms with Crippen molar-refractivity contribution in [2.75, 3.05) is 7.11 Å². The molecule has 0 aromatic carbocycles. The van der Waals surface area contributed by atoms with Gasteiger partial charge in [-0.05, 0) is 26.7 Å². The first-order valence-corrected chi connectivity index (χ1v) is 6.13. The first-order valence-electron chi connectivity index (χ1n) is 6.13. The van der Waals surface area contributed by atoms with Gasteiger partial charge in [-0.15, -0.1) is 0 Å². The number of Topliss-reactive ketones (excluding diaryl/α,β-unsaturated/α-hetero) is 1. The third-order valence-electron chi connectivity index (χ3n) is 3.46. The van der Waals surface area contributed by atoms with Gasteiger partial charge in [-0.2, -0.15) is 0 Å². The molecule has 0 aromatic heterocycles. The van der Waals surface area contributed by atoms with E-state index in [1.54, 1.807) is 7.11 Å². The minimum Gasteiger partial charge on any atom is -0.378 e. The molecule has 0 atom stereocenters. The van der Waals surface area contributed by atoms with Gasteiger partial charge < -0.3 is 4.74 Å². The molecule has 0 N–H and O–H groups in total. The number of methoxy groups -OCH3 is 1. The molecule has 1 aliphatic rings. The molecule has 0 spiro atoms. The highest BCUT2D eigenvalue weighted by molar-refractivity contribution is 5.81. The van der Waals surface area contributed by atoms with Gasteiger partial charge in [-0.3, -0.25) is 4.79 Å². The Morgan fingerprint density at radius 2 is 1.73 bits per heavy atom. The molecule has 2 heteroatoms. The number of hydrogen-bond acceptors (Lipinski definition) is 2. The summed E-state index contributed by atoms with van der Waals surface area (Å²) in [6, 6.07) is 0. The molecule has 1 aliphatic carbocycles. The Bertz CT molecular complexity index is 201. The lowest BCUT2D eigenvalue weighted by Gasteiger charge is -2.24. The second kappa shape index (κ2) is 5.64. The minimum absolute atomic E-state index is 0.288. The van der Waals surface area contributed by atoms with E-state index in [4.69, 9.17) is 4.74 Å². The van der Waals surface area contributed by atoms with Crippen molar-refractivity contribution < 1.29 is 9.53 Å². The van der Waals surface area contributed by atoms with Crippen molar-refractivity contribution in [3.63, 3.8) is 0 Å². The lowest BCUT2D eigenvalue weighted by Crippen LogP contribution is -2.29. The number of carbonyl (C=O) groups is 1. The van der Waals surface area contributed by atoms with Crippen LogP contribution in [0.4, 0.5) is 0 Å². The van der Waals surface area contributed by atoms with Crippen LogP contribution in [0.1, 0.15) is 58.8 Å². The van der Waals surface area contributed by atoms with Gasteiger partial charge in [0.05, 0.1) is 5.60 Å². The van der Waals surface area contributed by atoms with E-state index in [2.05, 4.69) is 0 Å². The molecular formula is C13H24O2. The molecule has 0 aliphatic heterocycles. The van der Waals surface area contributed by atoms with Crippen LogP contribution in [0.25, 0.3) is 0 Å². The zero-order chi connectivity index (χ0) is 11.3. The van der Waals surface area contributed by atoms with Crippen LogP contribution in [0.15, 0.2) is 0 Å².